The Morgan fingerprint density at radius 3 is 2.53 bits per heavy atom. The second-order valence-electron chi connectivity index (χ2n) is 3.00. The monoisotopic (exact) mass is 225 g/mol. The van der Waals surface area contributed by atoms with E-state index in [1.165, 1.54) is 12.0 Å². The minimum atomic E-state index is -0.685. The Balaban J connectivity index is 2.75. The highest BCUT2D eigenvalue weighted by Gasteiger charge is 2.15. The van der Waals surface area contributed by atoms with Crippen molar-refractivity contribution in [3.05, 3.63) is 29.8 Å². The summed E-state index contributed by atoms with van der Waals surface area (Å²) in [7, 11) is 1.34. The molecule has 1 aromatic rings. The van der Waals surface area contributed by atoms with Gasteiger partial charge in [0.15, 0.2) is 0 Å². The number of thioether (sulfide) groups is 1. The van der Waals surface area contributed by atoms with Crippen LogP contribution < -0.4 is 5.73 Å². The van der Waals surface area contributed by atoms with Gasteiger partial charge in [0.25, 0.3) is 0 Å². The third-order valence-corrected chi connectivity index (χ3v) is 2.90. The van der Waals surface area contributed by atoms with Crippen molar-refractivity contribution < 1.29 is 9.53 Å². The summed E-state index contributed by atoms with van der Waals surface area (Å²) in [5.41, 5.74) is 6.47. The zero-order chi connectivity index (χ0) is 11.3. The van der Waals surface area contributed by atoms with Crippen LogP contribution in [0.5, 0.6) is 0 Å². The van der Waals surface area contributed by atoms with E-state index in [2.05, 4.69) is 11.7 Å². The van der Waals surface area contributed by atoms with Crippen LogP contribution >= 0.6 is 11.8 Å². The molecule has 0 saturated heterocycles. The Bertz CT molecular complexity index is 324. The Kier molecular flexibility index (Phi) is 4.65. The zero-order valence-corrected chi connectivity index (χ0v) is 9.71. The number of nitrogens with two attached hydrogens (primary N) is 1. The lowest BCUT2D eigenvalue weighted by Crippen LogP contribution is -2.22. The average Bonchev–Trinajstić information content (AvgIpc) is 2.28. The van der Waals surface area contributed by atoms with Gasteiger partial charge in [-0.25, -0.2) is 0 Å². The summed E-state index contributed by atoms with van der Waals surface area (Å²) in [6, 6.07) is 6.97. The van der Waals surface area contributed by atoms with Crippen molar-refractivity contribution in [2.75, 3.05) is 12.9 Å². The molecule has 1 atom stereocenters. The lowest BCUT2D eigenvalue weighted by molar-refractivity contribution is -0.142. The van der Waals surface area contributed by atoms with Crippen LogP contribution in [0.15, 0.2) is 29.2 Å². The molecule has 1 aromatic carbocycles. The lowest BCUT2D eigenvalue weighted by Gasteiger charge is -2.09. The summed E-state index contributed by atoms with van der Waals surface area (Å²) in [5.74, 6) is 0.619. The number of hydrogen-bond acceptors (Lipinski definition) is 4. The predicted molar refractivity (Wildman–Crippen MR) is 61.8 cm³/mol. The van der Waals surface area contributed by atoms with Gasteiger partial charge in [-0.1, -0.05) is 19.1 Å². The highest BCUT2D eigenvalue weighted by Crippen LogP contribution is 2.20. The first-order valence-corrected chi connectivity index (χ1v) is 5.73. The Labute approximate surface area is 94.0 Å². The molecule has 0 saturated carbocycles. The molecular formula is C11H15NO2S. The first-order chi connectivity index (χ1) is 7.19. The molecule has 0 spiro atoms. The molecule has 1 unspecified atom stereocenters. The van der Waals surface area contributed by atoms with Gasteiger partial charge in [-0.3, -0.25) is 4.79 Å². The number of ether oxygens (including phenoxy) is 1. The van der Waals surface area contributed by atoms with Gasteiger partial charge in [-0.05, 0) is 23.4 Å². The van der Waals surface area contributed by atoms with Gasteiger partial charge in [0.2, 0.25) is 0 Å². The van der Waals surface area contributed by atoms with Crippen LogP contribution in [0, 0.1) is 0 Å². The Hall–Kier alpha value is -1.00. The van der Waals surface area contributed by atoms with E-state index in [0.717, 1.165) is 11.3 Å². The third-order valence-electron chi connectivity index (χ3n) is 2.01. The van der Waals surface area contributed by atoms with E-state index in [0.29, 0.717) is 0 Å². The number of esters is 1. The van der Waals surface area contributed by atoms with Crippen LogP contribution in [0.1, 0.15) is 18.5 Å². The summed E-state index contributed by atoms with van der Waals surface area (Å²) in [5, 5.41) is 0. The molecule has 15 heavy (non-hydrogen) atoms. The number of benzene rings is 1. The number of rotatable bonds is 4. The fourth-order valence-electron chi connectivity index (χ4n) is 1.20. The van der Waals surface area contributed by atoms with E-state index in [1.807, 2.05) is 24.3 Å². The first-order valence-electron chi connectivity index (χ1n) is 4.75. The standard InChI is InChI=1S/C11H15NO2S/c1-3-15-9-6-4-8(5-7-9)10(12)11(13)14-2/h4-7,10H,3,12H2,1-2H3. The molecule has 0 aliphatic rings. The van der Waals surface area contributed by atoms with Crippen molar-refractivity contribution in [3.8, 4) is 0 Å². The van der Waals surface area contributed by atoms with E-state index >= 15 is 0 Å². The number of carbonyl (C=O) groups excluding carboxylic acids is 1. The van der Waals surface area contributed by atoms with Crippen molar-refractivity contribution in [2.45, 2.75) is 17.9 Å². The van der Waals surface area contributed by atoms with Crippen LogP contribution in [-0.2, 0) is 9.53 Å². The fourth-order valence-corrected chi connectivity index (χ4v) is 1.86. The smallest absolute Gasteiger partial charge is 0.327 e. The quantitative estimate of drug-likeness (QED) is 0.628. The molecule has 3 nitrogen and oxygen atoms in total. The maximum atomic E-state index is 11.2. The van der Waals surface area contributed by atoms with Crippen molar-refractivity contribution in [3.63, 3.8) is 0 Å². The van der Waals surface area contributed by atoms with Crippen molar-refractivity contribution in [1.82, 2.24) is 0 Å². The van der Waals surface area contributed by atoms with Gasteiger partial charge < -0.3 is 10.5 Å². The number of hydrogen-bond donors (Lipinski definition) is 1. The first kappa shape index (κ1) is 12.1. The SMILES string of the molecule is CCSc1ccc(C(N)C(=O)OC)cc1. The molecule has 0 aliphatic heterocycles. The lowest BCUT2D eigenvalue weighted by atomic mass is 10.1. The van der Waals surface area contributed by atoms with Crippen LogP contribution in [0.4, 0.5) is 0 Å². The average molecular weight is 225 g/mol. The fraction of sp³-hybridized carbons (Fsp3) is 0.364. The van der Waals surface area contributed by atoms with Gasteiger partial charge in [0, 0.05) is 4.90 Å². The Morgan fingerprint density at radius 2 is 2.07 bits per heavy atom. The maximum absolute atomic E-state index is 11.2. The summed E-state index contributed by atoms with van der Waals surface area (Å²) >= 11 is 1.75. The van der Waals surface area contributed by atoms with E-state index in [4.69, 9.17) is 5.73 Å². The van der Waals surface area contributed by atoms with Gasteiger partial charge in [-0.15, -0.1) is 11.8 Å². The topological polar surface area (TPSA) is 52.3 Å². The highest BCUT2D eigenvalue weighted by atomic mass is 32.2. The van der Waals surface area contributed by atoms with Crippen molar-refractivity contribution in [1.29, 1.82) is 0 Å². The van der Waals surface area contributed by atoms with E-state index < -0.39 is 12.0 Å². The molecule has 0 aromatic heterocycles. The van der Waals surface area contributed by atoms with Crippen molar-refractivity contribution in [2.24, 2.45) is 5.73 Å². The molecule has 0 bridgehead atoms. The van der Waals surface area contributed by atoms with Gasteiger partial charge in [-0.2, -0.15) is 0 Å². The third kappa shape index (κ3) is 3.25. The van der Waals surface area contributed by atoms with Gasteiger partial charge >= 0.3 is 5.97 Å². The second kappa shape index (κ2) is 5.78. The summed E-state index contributed by atoms with van der Waals surface area (Å²) in [6.07, 6.45) is 0. The molecule has 0 heterocycles. The van der Waals surface area contributed by atoms with E-state index in [9.17, 15) is 4.79 Å². The van der Waals surface area contributed by atoms with E-state index in [1.54, 1.807) is 11.8 Å². The van der Waals surface area contributed by atoms with Gasteiger partial charge in [0.1, 0.15) is 6.04 Å². The van der Waals surface area contributed by atoms with E-state index in [-0.39, 0.29) is 0 Å². The normalized spacial score (nSPS) is 12.2. The van der Waals surface area contributed by atoms with Gasteiger partial charge in [0.05, 0.1) is 7.11 Å². The molecule has 4 heteroatoms. The van der Waals surface area contributed by atoms with Crippen molar-refractivity contribution >= 4 is 17.7 Å². The highest BCUT2D eigenvalue weighted by molar-refractivity contribution is 7.99. The zero-order valence-electron chi connectivity index (χ0n) is 8.90. The van der Waals surface area contributed by atoms with Crippen LogP contribution in [0.3, 0.4) is 0 Å². The van der Waals surface area contributed by atoms with Crippen LogP contribution in [0.2, 0.25) is 0 Å². The molecule has 2 N–H and O–H groups in total. The second-order valence-corrected chi connectivity index (χ2v) is 4.34. The minimum Gasteiger partial charge on any atom is -0.468 e. The minimum absolute atomic E-state index is 0.411. The molecule has 0 amide bonds. The number of carbonyl (C=O) groups is 1. The molecule has 0 radical (unpaired) electrons. The molecule has 82 valence electrons. The molecule has 0 fully saturated rings. The largest absolute Gasteiger partial charge is 0.468 e. The summed E-state index contributed by atoms with van der Waals surface area (Å²) < 4.78 is 4.57. The van der Waals surface area contributed by atoms with Crippen LogP contribution in [-0.4, -0.2) is 18.8 Å². The molecule has 0 aliphatic carbocycles. The van der Waals surface area contributed by atoms with Crippen LogP contribution in [0.25, 0.3) is 0 Å². The summed E-state index contributed by atoms with van der Waals surface area (Å²) in [6.45, 7) is 2.10. The number of methoxy groups -OCH3 is 1. The molecule has 1 rings (SSSR count). The maximum Gasteiger partial charge on any atom is 0.327 e. The summed E-state index contributed by atoms with van der Waals surface area (Å²) in [4.78, 5) is 12.3. The molecular weight excluding hydrogens is 210 g/mol. The Morgan fingerprint density at radius 1 is 1.47 bits per heavy atom. The predicted octanol–water partition coefficient (Wildman–Crippen LogP) is 1.97.